The Morgan fingerprint density at radius 1 is 1.22 bits per heavy atom. The lowest BCUT2D eigenvalue weighted by atomic mass is 9.46. The Kier molecular flexibility index (Phi) is 2.13. The molecule has 0 aliphatic heterocycles. The van der Waals surface area contributed by atoms with Crippen LogP contribution in [0.5, 0.6) is 0 Å². The Morgan fingerprint density at radius 2 is 2.04 bits per heavy atom. The van der Waals surface area contributed by atoms with Crippen LogP contribution in [0.3, 0.4) is 0 Å². The molecule has 3 fully saturated rings. The summed E-state index contributed by atoms with van der Waals surface area (Å²) in [6.07, 6.45) is 4.79. The van der Waals surface area contributed by atoms with E-state index in [9.17, 15) is 9.90 Å². The number of rotatable bonds is 0. The van der Waals surface area contributed by atoms with Crippen LogP contribution in [0.15, 0.2) is 11.6 Å². The minimum Gasteiger partial charge on any atom is -0.389 e. The quantitative estimate of drug-likeness (QED) is 0.712. The number of hydrogen-bond acceptors (Lipinski definition) is 2. The fourth-order valence-corrected chi connectivity index (χ4v) is 6.41. The maximum absolute atomic E-state index is 12.1. The van der Waals surface area contributed by atoms with E-state index >= 15 is 0 Å². The van der Waals surface area contributed by atoms with Gasteiger partial charge in [-0.1, -0.05) is 26.2 Å². The molecule has 4 aliphatic carbocycles. The first-order chi connectivity index (χ1) is 13.2. The van der Waals surface area contributed by atoms with Gasteiger partial charge < -0.3 is 5.11 Å². The van der Waals surface area contributed by atoms with Crippen LogP contribution in [0.2, 0.25) is 0 Å². The summed E-state index contributed by atoms with van der Waals surface area (Å²) >= 11 is 0. The summed E-state index contributed by atoms with van der Waals surface area (Å²) < 4.78 is 50.4. The third-order valence-electron chi connectivity index (χ3n) is 8.04. The molecule has 1 unspecified atom stereocenters. The minimum absolute atomic E-state index is 0.00314. The number of aliphatic hydroxyl groups is 1. The Hall–Kier alpha value is -0.630. The van der Waals surface area contributed by atoms with Gasteiger partial charge in [-0.05, 0) is 86.0 Å². The highest BCUT2D eigenvalue weighted by atomic mass is 16.3. The number of fused-ring (bicyclic) bond motifs is 5. The van der Waals surface area contributed by atoms with Crippen molar-refractivity contribution in [3.05, 3.63) is 11.6 Å². The van der Waals surface area contributed by atoms with Crippen LogP contribution < -0.4 is 0 Å². The topological polar surface area (TPSA) is 37.3 Å². The van der Waals surface area contributed by atoms with Crippen LogP contribution in [0.4, 0.5) is 0 Å². The van der Waals surface area contributed by atoms with E-state index in [0.29, 0.717) is 38.5 Å². The lowest BCUT2D eigenvalue weighted by molar-refractivity contribution is -0.130. The molecule has 4 rings (SSSR count). The SMILES string of the molecule is [2H]C([2H])([2H])[C@]12CC[C@H]3[C@@H](CCC4=CC(=O)CC[C@@]43C([2H])([2H])[2H])[C@@H]1CC(C)[C@]2(C)O. The first kappa shape index (κ1) is 10.4. The van der Waals surface area contributed by atoms with E-state index in [1.807, 2.05) is 6.92 Å². The van der Waals surface area contributed by atoms with E-state index in [1.54, 1.807) is 13.0 Å². The Morgan fingerprint density at radius 3 is 2.78 bits per heavy atom. The van der Waals surface area contributed by atoms with Gasteiger partial charge in [0.1, 0.15) is 0 Å². The molecule has 0 radical (unpaired) electrons. The van der Waals surface area contributed by atoms with Gasteiger partial charge in [0.05, 0.1) is 5.60 Å². The monoisotopic (exact) mass is 322 g/mol. The maximum Gasteiger partial charge on any atom is 0.155 e. The smallest absolute Gasteiger partial charge is 0.155 e. The molecule has 0 spiro atoms. The third kappa shape index (κ3) is 1.88. The second-order valence-corrected chi connectivity index (χ2v) is 8.82. The summed E-state index contributed by atoms with van der Waals surface area (Å²) in [5.41, 5.74) is -2.76. The lowest BCUT2D eigenvalue weighted by Gasteiger charge is -2.59. The van der Waals surface area contributed by atoms with Crippen LogP contribution in [0, 0.1) is 34.5 Å². The van der Waals surface area contributed by atoms with E-state index in [0.717, 1.165) is 5.57 Å². The number of hydrogen-bond donors (Lipinski definition) is 1. The first-order valence-electron chi connectivity index (χ1n) is 12.2. The standard InChI is InChI=1S/C21H32O2/c1-13-11-18-16-6-5-14-12-15(22)7-9-19(14,2)17(16)8-10-20(18,3)21(13,4)23/h12-13,16-18,23H,5-11H2,1-4H3/t13?,16-,17+,18+,19+,20+,21+/m1/s1/i2D3,3D3. The molecule has 3 saturated carbocycles. The van der Waals surface area contributed by atoms with Gasteiger partial charge in [-0.2, -0.15) is 0 Å². The van der Waals surface area contributed by atoms with Crippen LogP contribution in [0.1, 0.15) is 80.7 Å². The van der Waals surface area contributed by atoms with E-state index in [-0.39, 0.29) is 35.9 Å². The zero-order valence-electron chi connectivity index (χ0n) is 20.2. The fourth-order valence-electron chi connectivity index (χ4n) is 6.41. The van der Waals surface area contributed by atoms with Crippen molar-refractivity contribution in [3.8, 4) is 0 Å². The zero-order chi connectivity index (χ0) is 21.6. The van der Waals surface area contributed by atoms with Crippen LogP contribution in [-0.2, 0) is 4.79 Å². The van der Waals surface area contributed by atoms with Crippen molar-refractivity contribution >= 4 is 5.78 Å². The van der Waals surface area contributed by atoms with Crippen LogP contribution in [-0.4, -0.2) is 16.5 Å². The molecular weight excluding hydrogens is 284 g/mol. The molecule has 2 heteroatoms. The van der Waals surface area contributed by atoms with Gasteiger partial charge in [0.15, 0.2) is 5.78 Å². The molecule has 7 atom stereocenters. The number of carbonyl (C=O) groups excluding carboxylic acids is 1. The largest absolute Gasteiger partial charge is 0.389 e. The fraction of sp³-hybridized carbons (Fsp3) is 0.857. The predicted octanol–water partition coefficient (Wildman–Crippen LogP) is 4.52. The van der Waals surface area contributed by atoms with Crippen molar-refractivity contribution < 1.29 is 18.1 Å². The molecule has 0 saturated heterocycles. The van der Waals surface area contributed by atoms with Gasteiger partial charge in [0, 0.05) is 14.6 Å². The first-order valence-corrected chi connectivity index (χ1v) is 9.16. The van der Waals surface area contributed by atoms with Gasteiger partial charge >= 0.3 is 0 Å². The second kappa shape index (κ2) is 4.71. The molecule has 4 aliphatic rings. The summed E-state index contributed by atoms with van der Waals surface area (Å²) in [5, 5.41) is 11.4. The normalized spacial score (nSPS) is 60.7. The lowest BCUT2D eigenvalue weighted by Crippen LogP contribution is -2.54. The molecule has 0 bridgehead atoms. The number of ketones is 1. The Labute approximate surface area is 149 Å². The summed E-state index contributed by atoms with van der Waals surface area (Å²) in [6, 6.07) is 0. The third-order valence-corrected chi connectivity index (χ3v) is 8.04. The van der Waals surface area contributed by atoms with Crippen LogP contribution in [0.25, 0.3) is 0 Å². The minimum atomic E-state index is -2.30. The van der Waals surface area contributed by atoms with Crippen LogP contribution >= 0.6 is 0 Å². The average Bonchev–Trinajstić information content (AvgIpc) is 2.80. The van der Waals surface area contributed by atoms with E-state index < -0.39 is 30.1 Å². The van der Waals surface area contributed by atoms with Crippen molar-refractivity contribution in [3.63, 3.8) is 0 Å². The molecule has 1 N–H and O–H groups in total. The van der Waals surface area contributed by atoms with Gasteiger partial charge in [0.2, 0.25) is 0 Å². The summed E-state index contributed by atoms with van der Waals surface area (Å²) in [6.45, 7) is -0.927. The Bertz CT molecular complexity index is 751. The highest BCUT2D eigenvalue weighted by molar-refractivity contribution is 5.91. The molecule has 0 aromatic carbocycles. The second-order valence-electron chi connectivity index (χ2n) is 8.82. The summed E-state index contributed by atoms with van der Waals surface area (Å²) in [7, 11) is 0. The van der Waals surface area contributed by atoms with Gasteiger partial charge in [0.25, 0.3) is 0 Å². The van der Waals surface area contributed by atoms with Crippen molar-refractivity contribution in [1.82, 2.24) is 0 Å². The van der Waals surface area contributed by atoms with E-state index in [1.165, 1.54) is 0 Å². The van der Waals surface area contributed by atoms with Gasteiger partial charge in [-0.15, -0.1) is 0 Å². The van der Waals surface area contributed by atoms with E-state index in [2.05, 4.69) is 0 Å². The van der Waals surface area contributed by atoms with Gasteiger partial charge in [-0.3, -0.25) is 4.79 Å². The molecule has 0 aromatic rings. The molecular formula is C21H32O2. The van der Waals surface area contributed by atoms with Crippen molar-refractivity contribution in [2.75, 3.05) is 0 Å². The van der Waals surface area contributed by atoms with Crippen molar-refractivity contribution in [2.24, 2.45) is 34.5 Å². The molecule has 0 aromatic heterocycles. The summed E-state index contributed by atoms with van der Waals surface area (Å²) in [4.78, 5) is 12.1. The average molecular weight is 323 g/mol. The zero-order valence-corrected chi connectivity index (χ0v) is 14.2. The maximum atomic E-state index is 12.1. The predicted molar refractivity (Wildman–Crippen MR) is 91.9 cm³/mol. The molecule has 128 valence electrons. The highest BCUT2D eigenvalue weighted by Crippen LogP contribution is 2.68. The molecule has 0 amide bonds. The molecule has 23 heavy (non-hydrogen) atoms. The highest BCUT2D eigenvalue weighted by Gasteiger charge is 2.64. The number of carbonyl (C=O) groups is 1. The van der Waals surface area contributed by atoms with E-state index in [4.69, 9.17) is 8.22 Å². The Balaban J connectivity index is 1.85. The number of allylic oxidation sites excluding steroid dienone is 1. The molecule has 0 heterocycles. The molecule has 2 nitrogen and oxygen atoms in total. The summed E-state index contributed by atoms with van der Waals surface area (Å²) in [5.74, 6) is -0.586. The van der Waals surface area contributed by atoms with Crippen molar-refractivity contribution in [2.45, 2.75) is 78.1 Å². The van der Waals surface area contributed by atoms with Crippen molar-refractivity contribution in [1.29, 1.82) is 0 Å². The van der Waals surface area contributed by atoms with Gasteiger partial charge in [-0.25, -0.2) is 0 Å².